The van der Waals surface area contributed by atoms with Crippen LogP contribution in [0.25, 0.3) is 0 Å². The van der Waals surface area contributed by atoms with Gasteiger partial charge in [0, 0.05) is 38.1 Å². The topological polar surface area (TPSA) is 52.6 Å². The average Bonchev–Trinajstić information content (AvgIpc) is 3.15. The summed E-state index contributed by atoms with van der Waals surface area (Å²) in [5.74, 6) is 0.917. The van der Waals surface area contributed by atoms with Crippen molar-refractivity contribution in [3.05, 3.63) is 65.5 Å². The van der Waals surface area contributed by atoms with Crippen LogP contribution in [-0.4, -0.2) is 48.1 Å². The largest absolute Gasteiger partial charge is 0.357 e. The smallest absolute Gasteiger partial charge is 0.191 e. The van der Waals surface area contributed by atoms with E-state index in [4.69, 9.17) is 4.99 Å². The van der Waals surface area contributed by atoms with Gasteiger partial charge in [-0.2, -0.15) is 0 Å². The molecular formula is C23H34IN5. The van der Waals surface area contributed by atoms with Gasteiger partial charge in [-0.05, 0) is 62.4 Å². The molecule has 29 heavy (non-hydrogen) atoms. The molecule has 0 saturated carbocycles. The van der Waals surface area contributed by atoms with E-state index in [-0.39, 0.29) is 24.0 Å². The second kappa shape index (κ2) is 12.8. The minimum atomic E-state index is 0. The SMILES string of the molecule is CCNC(=NCC1CCCN1Cc1ccccc1)NCCc1ccncc1C.I. The first-order valence-corrected chi connectivity index (χ1v) is 10.5. The van der Waals surface area contributed by atoms with Crippen LogP contribution in [0.15, 0.2) is 53.8 Å². The summed E-state index contributed by atoms with van der Waals surface area (Å²) in [6.45, 7) is 9.00. The quantitative estimate of drug-likeness (QED) is 0.325. The summed E-state index contributed by atoms with van der Waals surface area (Å²) in [7, 11) is 0. The first kappa shape index (κ1) is 23.6. The lowest BCUT2D eigenvalue weighted by Crippen LogP contribution is -2.40. The highest BCUT2D eigenvalue weighted by molar-refractivity contribution is 14.0. The third-order valence-corrected chi connectivity index (χ3v) is 5.36. The van der Waals surface area contributed by atoms with Gasteiger partial charge < -0.3 is 10.6 Å². The molecular weight excluding hydrogens is 473 g/mol. The molecule has 3 rings (SSSR count). The summed E-state index contributed by atoms with van der Waals surface area (Å²) in [5, 5.41) is 6.86. The van der Waals surface area contributed by atoms with Crippen molar-refractivity contribution in [2.45, 2.75) is 45.7 Å². The predicted octanol–water partition coefficient (Wildman–Crippen LogP) is 3.77. The minimum Gasteiger partial charge on any atom is -0.357 e. The van der Waals surface area contributed by atoms with Gasteiger partial charge in [0.25, 0.3) is 0 Å². The molecule has 158 valence electrons. The minimum absolute atomic E-state index is 0. The molecule has 1 fully saturated rings. The van der Waals surface area contributed by atoms with E-state index in [2.05, 4.69) is 70.8 Å². The van der Waals surface area contributed by atoms with Gasteiger partial charge in [0.05, 0.1) is 6.54 Å². The van der Waals surface area contributed by atoms with Crippen LogP contribution in [0.5, 0.6) is 0 Å². The summed E-state index contributed by atoms with van der Waals surface area (Å²) in [6.07, 6.45) is 7.26. The second-order valence-electron chi connectivity index (χ2n) is 7.45. The van der Waals surface area contributed by atoms with Crippen LogP contribution in [0.2, 0.25) is 0 Å². The van der Waals surface area contributed by atoms with Crippen LogP contribution >= 0.6 is 24.0 Å². The van der Waals surface area contributed by atoms with Crippen LogP contribution in [0.1, 0.15) is 36.5 Å². The van der Waals surface area contributed by atoms with E-state index in [1.165, 1.54) is 36.1 Å². The Morgan fingerprint density at radius 3 is 2.79 bits per heavy atom. The van der Waals surface area contributed by atoms with E-state index in [9.17, 15) is 0 Å². The van der Waals surface area contributed by atoms with Crippen LogP contribution in [0.4, 0.5) is 0 Å². The Balaban J connectivity index is 0.00000300. The third-order valence-electron chi connectivity index (χ3n) is 5.36. The van der Waals surface area contributed by atoms with E-state index < -0.39 is 0 Å². The van der Waals surface area contributed by atoms with E-state index in [0.29, 0.717) is 6.04 Å². The first-order chi connectivity index (χ1) is 13.8. The molecule has 0 radical (unpaired) electrons. The maximum atomic E-state index is 4.88. The van der Waals surface area contributed by atoms with Gasteiger partial charge in [-0.25, -0.2) is 0 Å². The van der Waals surface area contributed by atoms with E-state index in [1.807, 2.05) is 12.4 Å². The Hall–Kier alpha value is -1.67. The number of benzene rings is 1. The highest BCUT2D eigenvalue weighted by atomic mass is 127. The zero-order valence-corrected chi connectivity index (χ0v) is 19.9. The van der Waals surface area contributed by atoms with Gasteiger partial charge in [-0.1, -0.05) is 30.3 Å². The normalized spacial score (nSPS) is 17.0. The van der Waals surface area contributed by atoms with Gasteiger partial charge in [0.1, 0.15) is 0 Å². The number of nitrogens with zero attached hydrogens (tertiary/aromatic N) is 3. The fourth-order valence-electron chi connectivity index (χ4n) is 3.76. The Labute approximate surface area is 192 Å². The van der Waals surface area contributed by atoms with Crippen LogP contribution in [-0.2, 0) is 13.0 Å². The van der Waals surface area contributed by atoms with Crippen molar-refractivity contribution in [2.24, 2.45) is 4.99 Å². The van der Waals surface area contributed by atoms with Crippen molar-refractivity contribution in [1.29, 1.82) is 0 Å². The Kier molecular flexibility index (Phi) is 10.4. The van der Waals surface area contributed by atoms with Crippen LogP contribution < -0.4 is 10.6 Å². The standard InChI is InChI=1S/C23H33N5.HI/c1-3-25-23(26-14-12-21-11-13-24-16-19(21)2)27-17-22-10-7-15-28(22)18-20-8-5-4-6-9-20;/h4-6,8-9,11,13,16,22H,3,7,10,12,14-15,17-18H2,1-2H3,(H2,25,26,27);1H. The number of halogens is 1. The number of aliphatic imine (C=N–C) groups is 1. The number of hydrogen-bond acceptors (Lipinski definition) is 3. The number of aromatic nitrogens is 1. The number of pyridine rings is 1. The lowest BCUT2D eigenvalue weighted by molar-refractivity contribution is 0.250. The van der Waals surface area contributed by atoms with Crippen molar-refractivity contribution in [2.75, 3.05) is 26.2 Å². The maximum absolute atomic E-state index is 4.88. The lowest BCUT2D eigenvalue weighted by Gasteiger charge is -2.23. The highest BCUT2D eigenvalue weighted by Gasteiger charge is 2.24. The van der Waals surface area contributed by atoms with Gasteiger partial charge in [0.15, 0.2) is 5.96 Å². The summed E-state index contributed by atoms with van der Waals surface area (Å²) in [5.41, 5.74) is 3.97. The van der Waals surface area contributed by atoms with E-state index in [0.717, 1.165) is 38.6 Å². The fourth-order valence-corrected chi connectivity index (χ4v) is 3.76. The monoisotopic (exact) mass is 507 g/mol. The number of guanidine groups is 1. The Morgan fingerprint density at radius 1 is 1.21 bits per heavy atom. The van der Waals surface area contributed by atoms with E-state index >= 15 is 0 Å². The maximum Gasteiger partial charge on any atom is 0.191 e. The zero-order valence-electron chi connectivity index (χ0n) is 17.6. The molecule has 1 aromatic heterocycles. The molecule has 1 aliphatic rings. The molecule has 0 amide bonds. The number of nitrogens with one attached hydrogen (secondary N) is 2. The molecule has 0 aliphatic carbocycles. The number of rotatable bonds is 8. The van der Waals surface area contributed by atoms with Gasteiger partial charge >= 0.3 is 0 Å². The van der Waals surface area contributed by atoms with Gasteiger partial charge in [0.2, 0.25) is 0 Å². The van der Waals surface area contributed by atoms with Crippen molar-refractivity contribution in [3.8, 4) is 0 Å². The molecule has 1 saturated heterocycles. The molecule has 0 bridgehead atoms. The molecule has 1 aromatic carbocycles. The number of likely N-dealkylation sites (tertiary alicyclic amines) is 1. The molecule has 2 N–H and O–H groups in total. The molecule has 1 unspecified atom stereocenters. The highest BCUT2D eigenvalue weighted by Crippen LogP contribution is 2.20. The summed E-state index contributed by atoms with van der Waals surface area (Å²) in [4.78, 5) is 11.6. The molecule has 2 aromatic rings. The molecule has 6 heteroatoms. The summed E-state index contributed by atoms with van der Waals surface area (Å²) < 4.78 is 0. The number of aryl methyl sites for hydroxylation is 1. The molecule has 1 atom stereocenters. The fraction of sp³-hybridized carbons (Fsp3) is 0.478. The van der Waals surface area contributed by atoms with Crippen molar-refractivity contribution in [1.82, 2.24) is 20.5 Å². The molecule has 2 heterocycles. The van der Waals surface area contributed by atoms with Crippen LogP contribution in [0.3, 0.4) is 0 Å². The van der Waals surface area contributed by atoms with Crippen molar-refractivity contribution >= 4 is 29.9 Å². The molecule has 5 nitrogen and oxygen atoms in total. The lowest BCUT2D eigenvalue weighted by atomic mass is 10.1. The Morgan fingerprint density at radius 2 is 2.03 bits per heavy atom. The Bertz CT molecular complexity index is 750. The predicted molar refractivity (Wildman–Crippen MR) is 132 cm³/mol. The van der Waals surface area contributed by atoms with Gasteiger partial charge in [-0.3, -0.25) is 14.9 Å². The van der Waals surface area contributed by atoms with E-state index in [1.54, 1.807) is 0 Å². The zero-order chi connectivity index (χ0) is 19.6. The second-order valence-corrected chi connectivity index (χ2v) is 7.45. The first-order valence-electron chi connectivity index (χ1n) is 10.5. The van der Waals surface area contributed by atoms with Crippen molar-refractivity contribution in [3.63, 3.8) is 0 Å². The van der Waals surface area contributed by atoms with Gasteiger partial charge in [-0.15, -0.1) is 24.0 Å². The average molecular weight is 507 g/mol. The number of hydrogen-bond donors (Lipinski definition) is 2. The molecule has 0 spiro atoms. The van der Waals surface area contributed by atoms with Crippen molar-refractivity contribution < 1.29 is 0 Å². The van der Waals surface area contributed by atoms with Crippen LogP contribution in [0, 0.1) is 6.92 Å². The summed E-state index contributed by atoms with van der Waals surface area (Å²) >= 11 is 0. The summed E-state index contributed by atoms with van der Waals surface area (Å²) in [6, 6.07) is 13.4. The molecule has 1 aliphatic heterocycles. The third kappa shape index (κ3) is 7.59.